The average molecular weight is 420 g/mol. The van der Waals surface area contributed by atoms with Crippen LogP contribution in [0.25, 0.3) is 10.2 Å². The number of aromatic nitrogens is 1. The second kappa shape index (κ2) is 7.73. The van der Waals surface area contributed by atoms with Crippen LogP contribution in [0, 0.1) is 0 Å². The van der Waals surface area contributed by atoms with Crippen LogP contribution in [0.2, 0.25) is 0 Å². The van der Waals surface area contributed by atoms with Crippen LogP contribution in [0.15, 0.2) is 84.9 Å². The van der Waals surface area contributed by atoms with Crippen LogP contribution in [-0.4, -0.2) is 26.2 Å². The third-order valence-corrected chi connectivity index (χ3v) is 6.50. The maximum atomic E-state index is 12.6. The third-order valence-electron chi connectivity index (χ3n) is 5.01. The number of carboxylic acid groups (broad SMARTS) is 1. The molecule has 2 atom stereocenters. The molecule has 3 aromatic carbocycles. The minimum atomic E-state index is -1.51. The number of carboxylic acids is 1. The summed E-state index contributed by atoms with van der Waals surface area (Å²) in [5, 5.41) is 21.3. The molecule has 2 N–H and O–H groups in total. The van der Waals surface area contributed by atoms with Gasteiger partial charge < -0.3 is 10.2 Å². The number of hydrogen-bond acceptors (Lipinski definition) is 4. The van der Waals surface area contributed by atoms with E-state index in [1.165, 1.54) is 11.3 Å². The molecule has 0 spiro atoms. The molecule has 0 saturated heterocycles. The van der Waals surface area contributed by atoms with Crippen molar-refractivity contribution in [2.45, 2.75) is 11.3 Å². The Kier molecular flexibility index (Phi) is 5.13. The molecule has 0 aliphatic heterocycles. The molecule has 144 valence electrons. The Hall–Kier alpha value is -3.09. The van der Waals surface area contributed by atoms with E-state index in [0.717, 1.165) is 10.2 Å². The Bertz CT molecular complexity index is 1140. The normalized spacial score (nSPS) is 14.2. The molecule has 1 heterocycles. The summed E-state index contributed by atoms with van der Waals surface area (Å²) >= 11 is 6.70. The lowest BCUT2D eigenvalue weighted by Gasteiger charge is -2.36. The van der Waals surface area contributed by atoms with Crippen molar-refractivity contribution in [2.75, 3.05) is 0 Å². The number of carbonyl (C=O) groups is 1. The zero-order chi connectivity index (χ0) is 20.4. The van der Waals surface area contributed by atoms with Crippen LogP contribution >= 0.6 is 23.6 Å². The molecular formula is C23H17NO3S2. The first-order valence-electron chi connectivity index (χ1n) is 8.98. The minimum Gasteiger partial charge on any atom is -0.501 e. The van der Waals surface area contributed by atoms with Gasteiger partial charge in [0.05, 0.1) is 10.2 Å². The summed E-state index contributed by atoms with van der Waals surface area (Å²) in [6, 6.07) is 25.4. The SMILES string of the molecule is O=C(O)C(c1ccccc1)C(C(O)=S)(c1ccccc1)c1nc2ccccc2s1. The van der Waals surface area contributed by atoms with Gasteiger partial charge in [-0.25, -0.2) is 4.98 Å². The Labute approximate surface area is 177 Å². The number of thiazole rings is 1. The minimum absolute atomic E-state index is 0.418. The number of hydrogen-bond donors (Lipinski definition) is 2. The van der Waals surface area contributed by atoms with Gasteiger partial charge in [-0.2, -0.15) is 0 Å². The van der Waals surface area contributed by atoms with Crippen molar-refractivity contribution in [3.8, 4) is 0 Å². The van der Waals surface area contributed by atoms with Gasteiger partial charge in [0, 0.05) is 0 Å². The van der Waals surface area contributed by atoms with E-state index in [1.807, 2.05) is 36.4 Å². The summed E-state index contributed by atoms with van der Waals surface area (Å²) in [7, 11) is 0. The lowest BCUT2D eigenvalue weighted by atomic mass is 9.68. The number of rotatable bonds is 6. The smallest absolute Gasteiger partial charge is 0.312 e. The number of para-hydroxylation sites is 1. The number of thiocarbonyl (C=S) groups is 1. The van der Waals surface area contributed by atoms with Crippen LogP contribution < -0.4 is 0 Å². The van der Waals surface area contributed by atoms with Gasteiger partial charge in [0.15, 0.2) is 5.05 Å². The maximum Gasteiger partial charge on any atom is 0.312 e. The van der Waals surface area contributed by atoms with Gasteiger partial charge in [0.25, 0.3) is 0 Å². The van der Waals surface area contributed by atoms with E-state index in [-0.39, 0.29) is 0 Å². The molecule has 0 aliphatic carbocycles. The van der Waals surface area contributed by atoms with E-state index < -0.39 is 22.4 Å². The van der Waals surface area contributed by atoms with Gasteiger partial charge in [-0.3, -0.25) is 4.79 Å². The molecular weight excluding hydrogens is 402 g/mol. The summed E-state index contributed by atoms with van der Waals surface area (Å²) in [5.74, 6) is -2.24. The Balaban J connectivity index is 2.10. The monoisotopic (exact) mass is 419 g/mol. The summed E-state index contributed by atoms with van der Waals surface area (Å²) in [6.45, 7) is 0. The second-order valence-electron chi connectivity index (χ2n) is 6.65. The van der Waals surface area contributed by atoms with Crippen molar-refractivity contribution in [3.63, 3.8) is 0 Å². The van der Waals surface area contributed by atoms with Crippen molar-refractivity contribution in [1.29, 1.82) is 0 Å². The zero-order valence-electron chi connectivity index (χ0n) is 15.2. The molecule has 0 fully saturated rings. The van der Waals surface area contributed by atoms with E-state index in [1.54, 1.807) is 48.5 Å². The number of benzene rings is 3. The van der Waals surface area contributed by atoms with Crippen molar-refractivity contribution in [2.24, 2.45) is 0 Å². The lowest BCUT2D eigenvalue weighted by molar-refractivity contribution is -0.139. The fraction of sp³-hybridized carbons (Fsp3) is 0.0870. The Morgan fingerprint density at radius 2 is 1.48 bits per heavy atom. The van der Waals surface area contributed by atoms with Crippen molar-refractivity contribution >= 4 is 44.8 Å². The molecule has 0 radical (unpaired) electrons. The van der Waals surface area contributed by atoms with Gasteiger partial charge in [-0.15, -0.1) is 11.3 Å². The topological polar surface area (TPSA) is 70.4 Å². The highest BCUT2D eigenvalue weighted by atomic mass is 32.1. The van der Waals surface area contributed by atoms with Crippen LogP contribution in [0.5, 0.6) is 0 Å². The highest BCUT2D eigenvalue weighted by Crippen LogP contribution is 2.48. The predicted molar refractivity (Wildman–Crippen MR) is 119 cm³/mol. The van der Waals surface area contributed by atoms with Gasteiger partial charge in [-0.05, 0) is 35.5 Å². The fourth-order valence-corrected chi connectivity index (χ4v) is 5.32. The highest BCUT2D eigenvalue weighted by Gasteiger charge is 2.53. The summed E-state index contributed by atoms with van der Waals surface area (Å²) < 4.78 is 0.899. The third kappa shape index (κ3) is 3.20. The summed E-state index contributed by atoms with van der Waals surface area (Å²) in [5.41, 5.74) is 0.358. The number of aliphatic carboxylic acids is 1. The van der Waals surface area contributed by atoms with Crippen LogP contribution in [0.4, 0.5) is 0 Å². The molecule has 2 unspecified atom stereocenters. The molecule has 1 aromatic heterocycles. The average Bonchev–Trinajstić information content (AvgIpc) is 3.17. The van der Waals surface area contributed by atoms with Crippen molar-refractivity contribution in [1.82, 2.24) is 4.98 Å². The van der Waals surface area contributed by atoms with E-state index in [0.29, 0.717) is 16.1 Å². The van der Waals surface area contributed by atoms with Gasteiger partial charge in [-0.1, -0.05) is 72.8 Å². The van der Waals surface area contributed by atoms with E-state index >= 15 is 0 Å². The predicted octanol–water partition coefficient (Wildman–Crippen LogP) is 5.34. The van der Waals surface area contributed by atoms with Crippen LogP contribution in [-0.2, 0) is 10.2 Å². The first-order chi connectivity index (χ1) is 14.0. The van der Waals surface area contributed by atoms with Gasteiger partial charge in [0.1, 0.15) is 16.3 Å². The van der Waals surface area contributed by atoms with Gasteiger partial charge >= 0.3 is 5.97 Å². The zero-order valence-corrected chi connectivity index (χ0v) is 16.9. The van der Waals surface area contributed by atoms with Gasteiger partial charge in [0.2, 0.25) is 0 Å². The molecule has 4 nitrogen and oxygen atoms in total. The number of fused-ring (bicyclic) bond motifs is 1. The molecule has 0 saturated carbocycles. The number of aliphatic hydroxyl groups excluding tert-OH is 1. The van der Waals surface area contributed by atoms with E-state index in [2.05, 4.69) is 0 Å². The first-order valence-corrected chi connectivity index (χ1v) is 10.2. The molecule has 0 bridgehead atoms. The molecule has 0 amide bonds. The maximum absolute atomic E-state index is 12.6. The fourth-order valence-electron chi connectivity index (χ4n) is 3.72. The number of aliphatic hydroxyl groups is 1. The standard InChI is InChI=1S/C23H17NO3S2/c25-20(26)19(15-9-3-1-4-10-15)23(22(27)28,16-11-5-2-6-12-16)21-24-17-13-7-8-14-18(17)29-21/h1-14,19H,(H,25,26)(H,27,28). The molecule has 0 aliphatic rings. The van der Waals surface area contributed by atoms with Crippen molar-refractivity contribution in [3.05, 3.63) is 101 Å². The van der Waals surface area contributed by atoms with Crippen molar-refractivity contribution < 1.29 is 15.0 Å². The van der Waals surface area contributed by atoms with E-state index in [4.69, 9.17) is 17.2 Å². The Morgan fingerprint density at radius 3 is 2.07 bits per heavy atom. The molecule has 6 heteroatoms. The molecule has 29 heavy (non-hydrogen) atoms. The lowest BCUT2D eigenvalue weighted by Crippen LogP contribution is -2.45. The Morgan fingerprint density at radius 1 is 0.897 bits per heavy atom. The molecule has 4 rings (SSSR count). The second-order valence-corrected chi connectivity index (χ2v) is 8.07. The number of nitrogens with zero attached hydrogens (tertiary/aromatic N) is 1. The highest BCUT2D eigenvalue weighted by molar-refractivity contribution is 7.80. The quantitative estimate of drug-likeness (QED) is 0.413. The first kappa shape index (κ1) is 19.2. The summed E-state index contributed by atoms with van der Waals surface area (Å²) in [6.07, 6.45) is 0. The van der Waals surface area contributed by atoms with E-state index in [9.17, 15) is 15.0 Å². The summed E-state index contributed by atoms with van der Waals surface area (Å²) in [4.78, 5) is 17.3. The molecule has 4 aromatic rings. The van der Waals surface area contributed by atoms with Crippen LogP contribution in [0.3, 0.4) is 0 Å². The largest absolute Gasteiger partial charge is 0.501 e. The van der Waals surface area contributed by atoms with Crippen LogP contribution in [0.1, 0.15) is 22.1 Å².